The van der Waals surface area contributed by atoms with E-state index in [0.29, 0.717) is 13.2 Å². The number of aliphatic carboxylic acids is 1. The third kappa shape index (κ3) is 2.00. The molecule has 1 aliphatic rings. The van der Waals surface area contributed by atoms with Gasteiger partial charge in [-0.1, -0.05) is 0 Å². The predicted octanol–water partition coefficient (Wildman–Crippen LogP) is 0.572. The van der Waals surface area contributed by atoms with Gasteiger partial charge < -0.3 is 9.84 Å². The number of ether oxygens (including phenoxy) is 1. The van der Waals surface area contributed by atoms with E-state index in [-0.39, 0.29) is 0 Å². The van der Waals surface area contributed by atoms with Crippen LogP contribution in [0.4, 0.5) is 0 Å². The predicted molar refractivity (Wildman–Crippen MR) is 48.7 cm³/mol. The van der Waals surface area contributed by atoms with E-state index in [9.17, 15) is 4.79 Å². The topological polar surface area (TPSA) is 49.8 Å². The van der Waals surface area contributed by atoms with E-state index in [1.807, 2.05) is 4.90 Å². The highest BCUT2D eigenvalue weighted by Crippen LogP contribution is 2.28. The van der Waals surface area contributed by atoms with Crippen molar-refractivity contribution in [3.05, 3.63) is 0 Å². The van der Waals surface area contributed by atoms with Gasteiger partial charge >= 0.3 is 5.97 Å². The molecular weight excluding hydrogens is 170 g/mol. The lowest BCUT2D eigenvalue weighted by atomic mass is 9.99. The average Bonchev–Trinajstić information content (AvgIpc) is 2.45. The van der Waals surface area contributed by atoms with Crippen LogP contribution in [0.3, 0.4) is 0 Å². The molecule has 1 unspecified atom stereocenters. The molecule has 1 atom stereocenters. The van der Waals surface area contributed by atoms with Gasteiger partial charge in [-0.05, 0) is 26.3 Å². The molecule has 4 nitrogen and oxygen atoms in total. The molecule has 0 amide bonds. The Labute approximate surface area is 78.5 Å². The van der Waals surface area contributed by atoms with Crippen LogP contribution >= 0.6 is 0 Å². The van der Waals surface area contributed by atoms with Gasteiger partial charge in [-0.15, -0.1) is 0 Å². The molecule has 0 aromatic rings. The number of likely N-dealkylation sites (tertiary alicyclic amines) is 1. The summed E-state index contributed by atoms with van der Waals surface area (Å²) in [5.41, 5.74) is -0.668. The standard InChI is InChI=1S/C9H17NO3/c1-9(8(11)12)4-3-5-10(9)6-7-13-2/h3-7H2,1-2H3,(H,11,12). The molecule has 1 saturated heterocycles. The Morgan fingerprint density at radius 2 is 2.38 bits per heavy atom. The second kappa shape index (κ2) is 4.07. The van der Waals surface area contributed by atoms with Crippen LogP contribution in [0.5, 0.6) is 0 Å². The SMILES string of the molecule is COCCN1CCCC1(C)C(=O)O. The molecule has 0 radical (unpaired) electrons. The summed E-state index contributed by atoms with van der Waals surface area (Å²) in [7, 11) is 1.63. The zero-order valence-electron chi connectivity index (χ0n) is 8.25. The minimum absolute atomic E-state index is 0.600. The van der Waals surface area contributed by atoms with Crippen molar-refractivity contribution in [1.29, 1.82) is 0 Å². The number of hydrogen-bond acceptors (Lipinski definition) is 3. The summed E-state index contributed by atoms with van der Waals surface area (Å²) in [5.74, 6) is -0.721. The van der Waals surface area contributed by atoms with Gasteiger partial charge in [0.2, 0.25) is 0 Å². The van der Waals surface area contributed by atoms with Crippen molar-refractivity contribution in [2.24, 2.45) is 0 Å². The Kier molecular flexibility index (Phi) is 3.27. The van der Waals surface area contributed by atoms with Gasteiger partial charge in [0.05, 0.1) is 6.61 Å². The monoisotopic (exact) mass is 187 g/mol. The fourth-order valence-corrected chi connectivity index (χ4v) is 1.82. The van der Waals surface area contributed by atoms with Gasteiger partial charge in [0.25, 0.3) is 0 Å². The van der Waals surface area contributed by atoms with Crippen LogP contribution in [-0.4, -0.2) is 48.3 Å². The van der Waals surface area contributed by atoms with Crippen LogP contribution in [0, 0.1) is 0 Å². The van der Waals surface area contributed by atoms with Crippen molar-refractivity contribution in [2.45, 2.75) is 25.3 Å². The first-order valence-electron chi connectivity index (χ1n) is 4.58. The molecule has 0 aromatic carbocycles. The van der Waals surface area contributed by atoms with Crippen molar-refractivity contribution in [2.75, 3.05) is 26.8 Å². The van der Waals surface area contributed by atoms with E-state index in [1.54, 1.807) is 14.0 Å². The third-order valence-corrected chi connectivity index (χ3v) is 2.82. The van der Waals surface area contributed by atoms with Crippen molar-refractivity contribution in [3.63, 3.8) is 0 Å². The van der Waals surface area contributed by atoms with Gasteiger partial charge in [-0.25, -0.2) is 0 Å². The highest BCUT2D eigenvalue weighted by atomic mass is 16.5. The highest BCUT2D eigenvalue weighted by Gasteiger charge is 2.42. The minimum atomic E-state index is -0.721. The van der Waals surface area contributed by atoms with E-state index in [4.69, 9.17) is 9.84 Å². The summed E-state index contributed by atoms with van der Waals surface area (Å²) in [6.07, 6.45) is 1.71. The van der Waals surface area contributed by atoms with E-state index in [1.165, 1.54) is 0 Å². The van der Waals surface area contributed by atoms with Crippen LogP contribution in [0.25, 0.3) is 0 Å². The summed E-state index contributed by atoms with van der Waals surface area (Å²) < 4.78 is 4.94. The molecule has 0 aromatic heterocycles. The zero-order chi connectivity index (χ0) is 9.90. The zero-order valence-corrected chi connectivity index (χ0v) is 8.25. The molecule has 4 heteroatoms. The molecule has 1 rings (SSSR count). The molecule has 1 N–H and O–H groups in total. The van der Waals surface area contributed by atoms with E-state index >= 15 is 0 Å². The van der Waals surface area contributed by atoms with Gasteiger partial charge in [-0.2, -0.15) is 0 Å². The lowest BCUT2D eigenvalue weighted by Crippen LogP contribution is -2.48. The Morgan fingerprint density at radius 1 is 1.69 bits per heavy atom. The number of methoxy groups -OCH3 is 1. The lowest BCUT2D eigenvalue weighted by molar-refractivity contribution is -0.148. The smallest absolute Gasteiger partial charge is 0.323 e. The molecule has 0 bridgehead atoms. The van der Waals surface area contributed by atoms with Crippen molar-refractivity contribution in [1.82, 2.24) is 4.90 Å². The number of carbonyl (C=O) groups is 1. The van der Waals surface area contributed by atoms with Gasteiger partial charge in [0, 0.05) is 13.7 Å². The van der Waals surface area contributed by atoms with Crippen LogP contribution in [0.2, 0.25) is 0 Å². The van der Waals surface area contributed by atoms with E-state index in [2.05, 4.69) is 0 Å². The summed E-state index contributed by atoms with van der Waals surface area (Å²) in [5, 5.41) is 9.06. The Morgan fingerprint density at radius 3 is 2.92 bits per heavy atom. The van der Waals surface area contributed by atoms with Crippen molar-refractivity contribution < 1.29 is 14.6 Å². The van der Waals surface area contributed by atoms with Crippen LogP contribution < -0.4 is 0 Å². The van der Waals surface area contributed by atoms with Crippen molar-refractivity contribution >= 4 is 5.97 Å². The maximum atomic E-state index is 11.0. The summed E-state index contributed by atoms with van der Waals surface area (Å²) in [6.45, 7) is 3.96. The maximum absolute atomic E-state index is 11.0. The Bertz CT molecular complexity index is 195. The number of nitrogens with zero attached hydrogens (tertiary/aromatic N) is 1. The van der Waals surface area contributed by atoms with E-state index in [0.717, 1.165) is 19.4 Å². The largest absolute Gasteiger partial charge is 0.480 e. The second-order valence-electron chi connectivity index (χ2n) is 3.66. The molecule has 76 valence electrons. The molecule has 1 heterocycles. The van der Waals surface area contributed by atoms with Crippen LogP contribution in [0.15, 0.2) is 0 Å². The minimum Gasteiger partial charge on any atom is -0.480 e. The average molecular weight is 187 g/mol. The summed E-state index contributed by atoms with van der Waals surface area (Å²) in [6, 6.07) is 0. The van der Waals surface area contributed by atoms with Gasteiger partial charge in [0.15, 0.2) is 0 Å². The fourth-order valence-electron chi connectivity index (χ4n) is 1.82. The lowest BCUT2D eigenvalue weighted by Gasteiger charge is -2.30. The normalized spacial score (nSPS) is 29.4. The second-order valence-corrected chi connectivity index (χ2v) is 3.66. The number of carboxylic acid groups (broad SMARTS) is 1. The molecule has 0 saturated carbocycles. The first-order chi connectivity index (χ1) is 6.11. The molecule has 0 spiro atoms. The first-order valence-corrected chi connectivity index (χ1v) is 4.58. The Balaban J connectivity index is 2.57. The van der Waals surface area contributed by atoms with Crippen LogP contribution in [0.1, 0.15) is 19.8 Å². The summed E-state index contributed by atoms with van der Waals surface area (Å²) in [4.78, 5) is 13.0. The molecule has 1 aliphatic heterocycles. The third-order valence-electron chi connectivity index (χ3n) is 2.82. The van der Waals surface area contributed by atoms with E-state index < -0.39 is 11.5 Å². The summed E-state index contributed by atoms with van der Waals surface area (Å²) >= 11 is 0. The number of rotatable bonds is 4. The first kappa shape index (κ1) is 10.5. The molecule has 1 fully saturated rings. The van der Waals surface area contributed by atoms with Gasteiger partial charge in [-0.3, -0.25) is 9.69 Å². The Hall–Kier alpha value is -0.610. The molecule has 0 aliphatic carbocycles. The number of carboxylic acids is 1. The highest BCUT2D eigenvalue weighted by molar-refractivity contribution is 5.78. The quantitative estimate of drug-likeness (QED) is 0.699. The number of hydrogen-bond donors (Lipinski definition) is 1. The fraction of sp³-hybridized carbons (Fsp3) is 0.889. The molecular formula is C9H17NO3. The maximum Gasteiger partial charge on any atom is 0.323 e. The van der Waals surface area contributed by atoms with Gasteiger partial charge in [0.1, 0.15) is 5.54 Å². The van der Waals surface area contributed by atoms with Crippen molar-refractivity contribution in [3.8, 4) is 0 Å². The molecule has 13 heavy (non-hydrogen) atoms. The van der Waals surface area contributed by atoms with Crippen LogP contribution in [-0.2, 0) is 9.53 Å².